The van der Waals surface area contributed by atoms with Crippen molar-refractivity contribution in [1.29, 1.82) is 5.26 Å². The summed E-state index contributed by atoms with van der Waals surface area (Å²) in [6.07, 6.45) is -0.310. The van der Waals surface area contributed by atoms with E-state index in [1.807, 2.05) is 0 Å². The van der Waals surface area contributed by atoms with E-state index in [9.17, 15) is 18.4 Å². The van der Waals surface area contributed by atoms with Gasteiger partial charge in [0.15, 0.2) is 0 Å². The number of hydrogen-bond donors (Lipinski definition) is 1. The fourth-order valence-electron chi connectivity index (χ4n) is 3.59. The molecular formula is C23H16F3N9. The van der Waals surface area contributed by atoms with Crippen LogP contribution in [-0.4, -0.2) is 34.9 Å². The maximum Gasteiger partial charge on any atom is 0.419 e. The lowest BCUT2D eigenvalue weighted by molar-refractivity contribution is -0.137. The number of alkyl halides is 3. The lowest BCUT2D eigenvalue weighted by Crippen LogP contribution is -2.16. The van der Waals surface area contributed by atoms with Crippen molar-refractivity contribution in [3.05, 3.63) is 60.2 Å². The number of nitrogens with zero attached hydrogens (tertiary/aromatic N) is 8. The van der Waals surface area contributed by atoms with Gasteiger partial charge in [0.05, 0.1) is 52.0 Å². The van der Waals surface area contributed by atoms with Gasteiger partial charge in [0, 0.05) is 11.8 Å². The van der Waals surface area contributed by atoms with Crippen LogP contribution in [0.3, 0.4) is 0 Å². The highest BCUT2D eigenvalue weighted by molar-refractivity contribution is 6.00. The molecule has 5 rings (SSSR count). The van der Waals surface area contributed by atoms with Gasteiger partial charge in [-0.05, 0) is 44.2 Å². The summed E-state index contributed by atoms with van der Waals surface area (Å²) in [5.41, 5.74) is 7.02. The summed E-state index contributed by atoms with van der Waals surface area (Å²) in [6.45, 7) is 3.53. The summed E-state index contributed by atoms with van der Waals surface area (Å²) >= 11 is 0. The maximum absolute atomic E-state index is 13.3. The van der Waals surface area contributed by atoms with Crippen molar-refractivity contribution < 1.29 is 13.2 Å². The van der Waals surface area contributed by atoms with Crippen LogP contribution in [0.1, 0.15) is 25.1 Å². The molecule has 0 atom stereocenters. The zero-order chi connectivity index (χ0) is 25.0. The fourth-order valence-corrected chi connectivity index (χ4v) is 3.59. The Morgan fingerprint density at radius 2 is 1.77 bits per heavy atom. The van der Waals surface area contributed by atoms with Gasteiger partial charge in [-0.25, -0.2) is 14.6 Å². The Morgan fingerprint density at radius 1 is 0.971 bits per heavy atom. The topological polar surface area (TPSA) is 132 Å². The highest BCUT2D eigenvalue weighted by Crippen LogP contribution is 2.35. The van der Waals surface area contributed by atoms with Crippen molar-refractivity contribution in [3.63, 3.8) is 0 Å². The standard InChI is InChI=1S/C23H16F3N9/c1-22(2,11-27)18-6-3-13(9-30-18)35-20-17(33-34-35)10-29-16-5-4-15(32-19(16)20)12-7-14(23(24,25)26)21(28)31-8-12/h3-10H,1-2H3,(H2,28,31). The Hall–Kier alpha value is -4.66. The summed E-state index contributed by atoms with van der Waals surface area (Å²) in [5, 5.41) is 17.7. The molecule has 12 heteroatoms. The first-order valence-corrected chi connectivity index (χ1v) is 10.3. The normalized spacial score (nSPS) is 12.2. The molecule has 5 aromatic heterocycles. The number of hydrogen-bond acceptors (Lipinski definition) is 8. The zero-order valence-electron chi connectivity index (χ0n) is 18.4. The summed E-state index contributed by atoms with van der Waals surface area (Å²) in [5.74, 6) is -0.608. The van der Waals surface area contributed by atoms with Crippen molar-refractivity contribution in [2.45, 2.75) is 25.4 Å². The van der Waals surface area contributed by atoms with Gasteiger partial charge in [0.25, 0.3) is 0 Å². The van der Waals surface area contributed by atoms with E-state index in [1.165, 1.54) is 17.1 Å². The number of fused-ring (bicyclic) bond motifs is 3. The average molecular weight is 475 g/mol. The largest absolute Gasteiger partial charge is 0.419 e. The van der Waals surface area contributed by atoms with E-state index in [2.05, 4.69) is 36.3 Å². The number of halogens is 3. The van der Waals surface area contributed by atoms with Gasteiger partial charge in [-0.3, -0.25) is 9.97 Å². The molecule has 2 N–H and O–H groups in total. The van der Waals surface area contributed by atoms with Crippen molar-refractivity contribution in [3.8, 4) is 23.0 Å². The van der Waals surface area contributed by atoms with Gasteiger partial charge >= 0.3 is 6.18 Å². The third kappa shape index (κ3) is 3.76. The molecule has 0 spiro atoms. The second-order valence-electron chi connectivity index (χ2n) is 8.35. The summed E-state index contributed by atoms with van der Waals surface area (Å²) in [4.78, 5) is 17.0. The molecule has 0 aliphatic carbocycles. The van der Waals surface area contributed by atoms with E-state index >= 15 is 0 Å². The van der Waals surface area contributed by atoms with Crippen molar-refractivity contribution in [2.24, 2.45) is 0 Å². The van der Waals surface area contributed by atoms with Crippen LogP contribution in [-0.2, 0) is 11.6 Å². The number of aromatic nitrogens is 7. The first kappa shape index (κ1) is 22.1. The van der Waals surface area contributed by atoms with E-state index in [1.54, 1.807) is 44.3 Å². The average Bonchev–Trinajstić information content (AvgIpc) is 3.28. The first-order valence-electron chi connectivity index (χ1n) is 10.3. The second kappa shape index (κ2) is 7.69. The number of anilines is 1. The lowest BCUT2D eigenvalue weighted by Gasteiger charge is -2.14. The minimum Gasteiger partial charge on any atom is -0.383 e. The van der Waals surface area contributed by atoms with Crippen LogP contribution >= 0.6 is 0 Å². The van der Waals surface area contributed by atoms with E-state index in [0.717, 1.165) is 6.07 Å². The Labute approximate surface area is 196 Å². The monoisotopic (exact) mass is 475 g/mol. The van der Waals surface area contributed by atoms with Crippen LogP contribution < -0.4 is 5.73 Å². The molecule has 0 aliphatic heterocycles. The molecule has 0 bridgehead atoms. The number of rotatable bonds is 3. The Kier molecular flexibility index (Phi) is 4.87. The zero-order valence-corrected chi connectivity index (χ0v) is 18.4. The van der Waals surface area contributed by atoms with Gasteiger partial charge in [0.2, 0.25) is 0 Å². The minimum absolute atomic E-state index is 0.147. The molecule has 35 heavy (non-hydrogen) atoms. The SMILES string of the molecule is CC(C)(C#N)c1ccc(-n2nnc3cnc4ccc(-c5cnc(N)c(C(F)(F)F)c5)nc4c32)cn1. The van der Waals surface area contributed by atoms with Gasteiger partial charge < -0.3 is 5.73 Å². The summed E-state index contributed by atoms with van der Waals surface area (Å²) in [7, 11) is 0. The number of pyridine rings is 4. The predicted octanol–water partition coefficient (Wildman–Crippen LogP) is 4.22. The molecule has 0 saturated heterocycles. The fraction of sp³-hybridized carbons (Fsp3) is 0.174. The molecule has 9 nitrogen and oxygen atoms in total. The first-order chi connectivity index (χ1) is 16.6. The summed E-state index contributed by atoms with van der Waals surface area (Å²) in [6, 6.07) is 9.81. The van der Waals surface area contributed by atoms with Crippen LogP contribution in [0.15, 0.2) is 48.9 Å². The molecule has 5 aromatic rings. The molecule has 5 heterocycles. The van der Waals surface area contributed by atoms with Crippen LogP contribution in [0.5, 0.6) is 0 Å². The highest BCUT2D eigenvalue weighted by Gasteiger charge is 2.34. The third-order valence-corrected chi connectivity index (χ3v) is 5.55. The van der Waals surface area contributed by atoms with Crippen molar-refractivity contribution in [1.82, 2.24) is 34.9 Å². The van der Waals surface area contributed by atoms with E-state index < -0.39 is 23.0 Å². The molecule has 0 aromatic carbocycles. The Morgan fingerprint density at radius 3 is 2.46 bits per heavy atom. The Bertz CT molecular complexity index is 1630. The lowest BCUT2D eigenvalue weighted by atomic mass is 9.91. The number of nitrogens with two attached hydrogens (primary N) is 1. The molecule has 0 fully saturated rings. The van der Waals surface area contributed by atoms with Gasteiger partial charge in [-0.1, -0.05) is 5.21 Å². The molecule has 0 aliphatic rings. The molecular weight excluding hydrogens is 459 g/mol. The van der Waals surface area contributed by atoms with Crippen LogP contribution in [0, 0.1) is 11.3 Å². The van der Waals surface area contributed by atoms with Gasteiger partial charge in [-0.2, -0.15) is 18.4 Å². The maximum atomic E-state index is 13.3. The van der Waals surface area contributed by atoms with E-state index in [4.69, 9.17) is 5.73 Å². The smallest absolute Gasteiger partial charge is 0.383 e. The van der Waals surface area contributed by atoms with Gasteiger partial charge in [-0.15, -0.1) is 5.10 Å². The summed E-state index contributed by atoms with van der Waals surface area (Å²) < 4.78 is 41.5. The van der Waals surface area contributed by atoms with Crippen molar-refractivity contribution in [2.75, 3.05) is 5.73 Å². The molecule has 0 radical (unpaired) electrons. The Balaban J connectivity index is 1.68. The highest BCUT2D eigenvalue weighted by atomic mass is 19.4. The molecule has 0 saturated carbocycles. The molecule has 0 amide bonds. The van der Waals surface area contributed by atoms with Crippen LogP contribution in [0.2, 0.25) is 0 Å². The van der Waals surface area contributed by atoms with Gasteiger partial charge in [0.1, 0.15) is 22.4 Å². The quantitative estimate of drug-likeness (QED) is 0.410. The van der Waals surface area contributed by atoms with E-state index in [0.29, 0.717) is 33.4 Å². The third-order valence-electron chi connectivity index (χ3n) is 5.55. The molecule has 0 unspecified atom stereocenters. The second-order valence-corrected chi connectivity index (χ2v) is 8.35. The minimum atomic E-state index is -4.65. The van der Waals surface area contributed by atoms with Crippen molar-refractivity contribution >= 4 is 27.9 Å². The van der Waals surface area contributed by atoms with E-state index in [-0.39, 0.29) is 11.3 Å². The van der Waals surface area contributed by atoms with Crippen LogP contribution in [0.4, 0.5) is 19.0 Å². The molecule has 174 valence electrons. The number of nitriles is 1. The van der Waals surface area contributed by atoms with Crippen LogP contribution in [0.25, 0.3) is 39.0 Å². The predicted molar refractivity (Wildman–Crippen MR) is 121 cm³/mol. The number of nitrogen functional groups attached to an aromatic ring is 1.